The molecule has 0 spiro atoms. The third-order valence-corrected chi connectivity index (χ3v) is 4.71. The van der Waals surface area contributed by atoms with E-state index in [9.17, 15) is 4.79 Å². The zero-order valence-corrected chi connectivity index (χ0v) is 18.3. The van der Waals surface area contributed by atoms with Gasteiger partial charge in [0.15, 0.2) is 11.6 Å². The molecule has 8 nitrogen and oxygen atoms in total. The predicted octanol–water partition coefficient (Wildman–Crippen LogP) is 3.08. The standard InChI is InChI=1S/C22H32N6O2/c1-5-6-10-30-21-26-19(23)18-20(27-21)28(14-17(29)25-18)13-16-9-7-8-15(11-16)12-24-22(2,3)4/h7-9,11,24H,5-6,10,12-14H2,1-4H3,(H,25,29)(H2,23,26,27). The molecule has 30 heavy (non-hydrogen) atoms. The highest BCUT2D eigenvalue weighted by Crippen LogP contribution is 2.34. The lowest BCUT2D eigenvalue weighted by molar-refractivity contribution is -0.115. The molecule has 2 heterocycles. The number of nitrogen functional groups attached to an aromatic ring is 1. The molecule has 1 aromatic heterocycles. The molecular formula is C22H32N6O2. The summed E-state index contributed by atoms with van der Waals surface area (Å²) in [4.78, 5) is 22.9. The minimum atomic E-state index is -0.136. The number of rotatable bonds is 8. The Morgan fingerprint density at radius 3 is 2.77 bits per heavy atom. The number of anilines is 3. The number of fused-ring (bicyclic) bond motifs is 1. The third-order valence-electron chi connectivity index (χ3n) is 4.71. The number of aromatic nitrogens is 2. The van der Waals surface area contributed by atoms with Gasteiger partial charge < -0.3 is 26.0 Å². The average molecular weight is 413 g/mol. The summed E-state index contributed by atoms with van der Waals surface area (Å²) in [7, 11) is 0. The summed E-state index contributed by atoms with van der Waals surface area (Å²) in [6, 6.07) is 8.57. The summed E-state index contributed by atoms with van der Waals surface area (Å²) < 4.78 is 5.65. The van der Waals surface area contributed by atoms with Crippen LogP contribution in [0.2, 0.25) is 0 Å². The molecule has 0 saturated heterocycles. The van der Waals surface area contributed by atoms with Crippen LogP contribution in [0.25, 0.3) is 0 Å². The van der Waals surface area contributed by atoms with E-state index in [-0.39, 0.29) is 29.8 Å². The molecule has 0 saturated carbocycles. The third kappa shape index (κ3) is 5.82. The summed E-state index contributed by atoms with van der Waals surface area (Å²) in [5.41, 5.74) is 8.86. The number of carbonyl (C=O) groups is 1. The fourth-order valence-electron chi connectivity index (χ4n) is 3.15. The number of nitrogens with two attached hydrogens (primary N) is 1. The number of unbranched alkanes of at least 4 members (excludes halogenated alkanes) is 1. The Hall–Kier alpha value is -2.87. The summed E-state index contributed by atoms with van der Waals surface area (Å²) >= 11 is 0. The van der Waals surface area contributed by atoms with Crippen molar-refractivity contribution in [2.75, 3.05) is 29.1 Å². The Morgan fingerprint density at radius 2 is 2.03 bits per heavy atom. The zero-order chi connectivity index (χ0) is 21.7. The molecule has 0 radical (unpaired) electrons. The van der Waals surface area contributed by atoms with E-state index in [4.69, 9.17) is 10.5 Å². The molecule has 2 aromatic rings. The predicted molar refractivity (Wildman–Crippen MR) is 120 cm³/mol. The van der Waals surface area contributed by atoms with Crippen molar-refractivity contribution in [3.63, 3.8) is 0 Å². The van der Waals surface area contributed by atoms with Gasteiger partial charge in [-0.1, -0.05) is 37.6 Å². The molecular weight excluding hydrogens is 380 g/mol. The van der Waals surface area contributed by atoms with Gasteiger partial charge in [-0.2, -0.15) is 9.97 Å². The minimum absolute atomic E-state index is 0.0442. The Labute approximate surface area is 178 Å². The molecule has 0 unspecified atom stereocenters. The van der Waals surface area contributed by atoms with Gasteiger partial charge in [-0.25, -0.2) is 0 Å². The van der Waals surface area contributed by atoms with Crippen molar-refractivity contribution in [1.82, 2.24) is 15.3 Å². The maximum Gasteiger partial charge on any atom is 0.320 e. The second-order valence-corrected chi connectivity index (χ2v) is 8.62. The van der Waals surface area contributed by atoms with E-state index in [0.29, 0.717) is 24.7 Å². The van der Waals surface area contributed by atoms with Gasteiger partial charge in [-0.05, 0) is 38.3 Å². The number of nitrogens with one attached hydrogen (secondary N) is 2. The second kappa shape index (κ2) is 9.30. The lowest BCUT2D eigenvalue weighted by Gasteiger charge is -2.30. The first-order valence-corrected chi connectivity index (χ1v) is 10.4. The lowest BCUT2D eigenvalue weighted by Crippen LogP contribution is -2.39. The molecule has 8 heteroatoms. The van der Waals surface area contributed by atoms with E-state index in [1.165, 1.54) is 5.56 Å². The number of hydrogen-bond donors (Lipinski definition) is 3. The smallest absolute Gasteiger partial charge is 0.320 e. The summed E-state index contributed by atoms with van der Waals surface area (Å²) in [6.45, 7) is 10.6. The van der Waals surface area contributed by atoms with Crippen LogP contribution < -0.4 is 26.0 Å². The molecule has 1 aromatic carbocycles. The number of carbonyl (C=O) groups excluding carboxylic acids is 1. The van der Waals surface area contributed by atoms with Crippen LogP contribution in [-0.4, -0.2) is 34.6 Å². The van der Waals surface area contributed by atoms with Crippen molar-refractivity contribution in [3.05, 3.63) is 35.4 Å². The van der Waals surface area contributed by atoms with Gasteiger partial charge in [0.25, 0.3) is 0 Å². The van der Waals surface area contributed by atoms with Crippen LogP contribution in [0.4, 0.5) is 17.3 Å². The van der Waals surface area contributed by atoms with Gasteiger partial charge in [0.1, 0.15) is 5.69 Å². The molecule has 4 N–H and O–H groups in total. The molecule has 0 bridgehead atoms. The molecule has 1 aliphatic rings. The normalized spacial score (nSPS) is 13.7. The van der Waals surface area contributed by atoms with Gasteiger partial charge in [0, 0.05) is 18.6 Å². The van der Waals surface area contributed by atoms with Crippen LogP contribution in [0.3, 0.4) is 0 Å². The Morgan fingerprint density at radius 1 is 1.27 bits per heavy atom. The van der Waals surface area contributed by atoms with E-state index < -0.39 is 0 Å². The highest BCUT2D eigenvalue weighted by molar-refractivity contribution is 6.03. The maximum absolute atomic E-state index is 12.2. The van der Waals surface area contributed by atoms with Gasteiger partial charge in [-0.3, -0.25) is 4.79 Å². The molecule has 3 rings (SSSR count). The van der Waals surface area contributed by atoms with Crippen molar-refractivity contribution in [3.8, 4) is 6.01 Å². The van der Waals surface area contributed by atoms with E-state index >= 15 is 0 Å². The van der Waals surface area contributed by atoms with Crippen molar-refractivity contribution < 1.29 is 9.53 Å². The average Bonchev–Trinajstić information content (AvgIpc) is 2.67. The number of amides is 1. The fourth-order valence-corrected chi connectivity index (χ4v) is 3.15. The van der Waals surface area contributed by atoms with E-state index in [2.05, 4.69) is 66.5 Å². The van der Waals surface area contributed by atoms with Crippen LogP contribution >= 0.6 is 0 Å². The van der Waals surface area contributed by atoms with E-state index in [0.717, 1.165) is 24.9 Å². The van der Waals surface area contributed by atoms with Crippen molar-refractivity contribution >= 4 is 23.2 Å². The molecule has 162 valence electrons. The van der Waals surface area contributed by atoms with Crippen LogP contribution in [0.1, 0.15) is 51.7 Å². The van der Waals surface area contributed by atoms with Gasteiger partial charge >= 0.3 is 6.01 Å². The van der Waals surface area contributed by atoms with Gasteiger partial charge in [0.2, 0.25) is 5.91 Å². The number of ether oxygens (including phenoxy) is 1. The number of hydrogen-bond acceptors (Lipinski definition) is 7. The van der Waals surface area contributed by atoms with Crippen molar-refractivity contribution in [1.29, 1.82) is 0 Å². The number of benzene rings is 1. The zero-order valence-electron chi connectivity index (χ0n) is 18.3. The van der Waals surface area contributed by atoms with Crippen LogP contribution in [0.5, 0.6) is 6.01 Å². The summed E-state index contributed by atoms with van der Waals surface area (Å²) in [5.74, 6) is 0.669. The first kappa shape index (κ1) is 21.8. The summed E-state index contributed by atoms with van der Waals surface area (Å²) in [6.07, 6.45) is 1.93. The molecule has 0 aliphatic carbocycles. The summed E-state index contributed by atoms with van der Waals surface area (Å²) in [5, 5.41) is 6.29. The largest absolute Gasteiger partial charge is 0.463 e. The van der Waals surface area contributed by atoms with E-state index in [1.807, 2.05) is 11.0 Å². The van der Waals surface area contributed by atoms with Crippen LogP contribution in [-0.2, 0) is 17.9 Å². The Balaban J connectivity index is 1.81. The quantitative estimate of drug-likeness (QED) is 0.572. The Bertz CT molecular complexity index is 894. The first-order chi connectivity index (χ1) is 14.2. The minimum Gasteiger partial charge on any atom is -0.463 e. The van der Waals surface area contributed by atoms with Crippen LogP contribution in [0.15, 0.2) is 24.3 Å². The molecule has 1 aliphatic heterocycles. The van der Waals surface area contributed by atoms with Crippen LogP contribution in [0, 0.1) is 0 Å². The van der Waals surface area contributed by atoms with Gasteiger partial charge in [0.05, 0.1) is 13.2 Å². The van der Waals surface area contributed by atoms with E-state index in [1.54, 1.807) is 0 Å². The van der Waals surface area contributed by atoms with Crippen molar-refractivity contribution in [2.24, 2.45) is 0 Å². The maximum atomic E-state index is 12.2. The highest BCUT2D eigenvalue weighted by atomic mass is 16.5. The fraction of sp³-hybridized carbons (Fsp3) is 0.500. The molecule has 0 fully saturated rings. The van der Waals surface area contributed by atoms with Crippen molar-refractivity contribution in [2.45, 2.75) is 59.2 Å². The monoisotopic (exact) mass is 412 g/mol. The highest BCUT2D eigenvalue weighted by Gasteiger charge is 2.27. The second-order valence-electron chi connectivity index (χ2n) is 8.62. The SMILES string of the molecule is CCCCOc1nc(N)c2c(n1)N(Cc1cccc(CNC(C)(C)C)c1)CC(=O)N2. The molecule has 0 atom stereocenters. The topological polar surface area (TPSA) is 105 Å². The Kier molecular flexibility index (Phi) is 6.77. The first-order valence-electron chi connectivity index (χ1n) is 10.4. The lowest BCUT2D eigenvalue weighted by atomic mass is 10.1. The number of nitrogens with zero attached hydrogens (tertiary/aromatic N) is 3. The molecule has 1 amide bonds. The van der Waals surface area contributed by atoms with Gasteiger partial charge in [-0.15, -0.1) is 0 Å².